The first-order valence-corrected chi connectivity index (χ1v) is 16.3. The molecule has 4 nitrogen and oxygen atoms in total. The lowest BCUT2D eigenvalue weighted by atomic mass is 9.99. The van der Waals surface area contributed by atoms with Crippen LogP contribution < -0.4 is 0 Å². The zero-order chi connectivity index (χ0) is 31.3. The van der Waals surface area contributed by atoms with Gasteiger partial charge in [-0.25, -0.2) is 9.97 Å². The van der Waals surface area contributed by atoms with Crippen LogP contribution in [0.5, 0.6) is 0 Å². The summed E-state index contributed by atoms with van der Waals surface area (Å²) in [5.41, 5.74) is 9.62. The summed E-state index contributed by atoms with van der Waals surface area (Å²) in [6.45, 7) is 0. The summed E-state index contributed by atoms with van der Waals surface area (Å²) < 4.78 is 8.74. The number of fused-ring (bicyclic) bond motifs is 14. The van der Waals surface area contributed by atoms with Gasteiger partial charge in [-0.15, -0.1) is 0 Å². The molecule has 0 unspecified atom stereocenters. The molecular weight excluding hydrogens is 587 g/mol. The average Bonchev–Trinajstić information content (AvgIpc) is 3.69. The molecule has 0 spiro atoms. The van der Waals surface area contributed by atoms with E-state index in [2.05, 4.69) is 150 Å². The molecule has 0 aliphatic rings. The highest BCUT2D eigenvalue weighted by atomic mass is 16.3. The van der Waals surface area contributed by atoms with Crippen molar-refractivity contribution in [2.75, 3.05) is 0 Å². The standard InChI is InChI=1S/C44H25N3O/c1-2-13-30-26(10-1)20-22-38-40(30)35-18-7-8-19-37(35)47(38)29-12-9-11-27(24-29)28-21-23-39-36(25-28)43-44(48-39)46-42-34-17-6-4-15-32(34)31-14-3-5-16-33(31)41(42)45-43/h1-25H. The maximum absolute atomic E-state index is 6.35. The van der Waals surface area contributed by atoms with Crippen molar-refractivity contribution in [2.24, 2.45) is 0 Å². The number of rotatable bonds is 2. The molecule has 0 N–H and O–H groups in total. The molecule has 0 radical (unpaired) electrons. The van der Waals surface area contributed by atoms with Gasteiger partial charge in [0.2, 0.25) is 5.71 Å². The fourth-order valence-corrected chi connectivity index (χ4v) is 7.82. The van der Waals surface area contributed by atoms with Crippen molar-refractivity contribution in [3.63, 3.8) is 0 Å². The summed E-state index contributed by atoms with van der Waals surface area (Å²) in [5.74, 6) is 0. The van der Waals surface area contributed by atoms with E-state index in [1.807, 2.05) is 6.07 Å². The predicted octanol–water partition coefficient (Wildman–Crippen LogP) is 11.8. The summed E-state index contributed by atoms with van der Waals surface area (Å²) in [4.78, 5) is 10.4. The molecule has 0 saturated carbocycles. The highest BCUT2D eigenvalue weighted by molar-refractivity contribution is 6.24. The van der Waals surface area contributed by atoms with Crippen LogP contribution >= 0.6 is 0 Å². The summed E-state index contributed by atoms with van der Waals surface area (Å²) in [6.07, 6.45) is 0. The number of hydrogen-bond donors (Lipinski definition) is 0. The van der Waals surface area contributed by atoms with E-state index in [0.717, 1.165) is 55.1 Å². The molecule has 11 aromatic rings. The Balaban J connectivity index is 1.13. The minimum Gasteiger partial charge on any atom is -0.436 e. The summed E-state index contributed by atoms with van der Waals surface area (Å²) in [7, 11) is 0. The zero-order valence-corrected chi connectivity index (χ0v) is 25.7. The quantitative estimate of drug-likeness (QED) is 0.183. The molecule has 0 atom stereocenters. The zero-order valence-electron chi connectivity index (χ0n) is 25.7. The molecule has 3 heterocycles. The third kappa shape index (κ3) is 3.49. The van der Waals surface area contributed by atoms with Crippen LogP contribution in [0.2, 0.25) is 0 Å². The van der Waals surface area contributed by atoms with E-state index >= 15 is 0 Å². The molecule has 0 bridgehead atoms. The van der Waals surface area contributed by atoms with Crippen molar-refractivity contribution in [1.82, 2.24) is 14.5 Å². The van der Waals surface area contributed by atoms with E-state index in [1.54, 1.807) is 0 Å². The Hall–Kier alpha value is -6.52. The summed E-state index contributed by atoms with van der Waals surface area (Å²) >= 11 is 0. The topological polar surface area (TPSA) is 43.9 Å². The van der Waals surface area contributed by atoms with Gasteiger partial charge in [-0.3, -0.25) is 0 Å². The van der Waals surface area contributed by atoms with E-state index in [0.29, 0.717) is 5.71 Å². The third-order valence-electron chi connectivity index (χ3n) is 9.96. The molecular formula is C44H25N3O. The van der Waals surface area contributed by atoms with Crippen LogP contribution in [0.4, 0.5) is 0 Å². The Morgan fingerprint density at radius 3 is 1.90 bits per heavy atom. The van der Waals surface area contributed by atoms with E-state index in [-0.39, 0.29) is 0 Å². The summed E-state index contributed by atoms with van der Waals surface area (Å²) in [5, 5.41) is 10.5. The predicted molar refractivity (Wildman–Crippen MR) is 199 cm³/mol. The van der Waals surface area contributed by atoms with Crippen molar-refractivity contribution < 1.29 is 4.42 Å². The van der Waals surface area contributed by atoms with Gasteiger partial charge in [0, 0.05) is 32.6 Å². The number of nitrogens with zero attached hydrogens (tertiary/aromatic N) is 3. The van der Waals surface area contributed by atoms with Gasteiger partial charge in [-0.2, -0.15) is 0 Å². The highest BCUT2D eigenvalue weighted by Crippen LogP contribution is 2.39. The van der Waals surface area contributed by atoms with Gasteiger partial charge >= 0.3 is 0 Å². The molecule has 8 aromatic carbocycles. The maximum atomic E-state index is 6.35. The number of para-hydroxylation sites is 1. The molecule has 0 saturated heterocycles. The molecule has 3 aromatic heterocycles. The van der Waals surface area contributed by atoms with Crippen molar-refractivity contribution in [3.8, 4) is 16.8 Å². The first-order chi connectivity index (χ1) is 23.8. The fourth-order valence-electron chi connectivity index (χ4n) is 7.82. The van der Waals surface area contributed by atoms with Gasteiger partial charge in [-0.05, 0) is 69.1 Å². The van der Waals surface area contributed by atoms with Crippen LogP contribution in [0.25, 0.3) is 104 Å². The summed E-state index contributed by atoms with van der Waals surface area (Å²) in [6, 6.07) is 53.9. The Morgan fingerprint density at radius 1 is 0.417 bits per heavy atom. The van der Waals surface area contributed by atoms with Gasteiger partial charge in [0.15, 0.2) is 0 Å². The van der Waals surface area contributed by atoms with E-state index in [1.165, 1.54) is 43.4 Å². The molecule has 48 heavy (non-hydrogen) atoms. The Bertz CT molecular complexity index is 3130. The number of aromatic nitrogens is 3. The van der Waals surface area contributed by atoms with E-state index in [4.69, 9.17) is 14.4 Å². The van der Waals surface area contributed by atoms with Crippen LogP contribution in [-0.4, -0.2) is 14.5 Å². The molecule has 0 amide bonds. The van der Waals surface area contributed by atoms with Crippen molar-refractivity contribution in [1.29, 1.82) is 0 Å². The van der Waals surface area contributed by atoms with E-state index in [9.17, 15) is 0 Å². The third-order valence-corrected chi connectivity index (χ3v) is 9.96. The lowest BCUT2D eigenvalue weighted by Crippen LogP contribution is -1.94. The Kier molecular flexibility index (Phi) is 5.08. The van der Waals surface area contributed by atoms with Crippen LogP contribution in [-0.2, 0) is 0 Å². The van der Waals surface area contributed by atoms with Crippen molar-refractivity contribution in [2.45, 2.75) is 0 Å². The molecule has 222 valence electrons. The monoisotopic (exact) mass is 611 g/mol. The largest absolute Gasteiger partial charge is 0.436 e. The van der Waals surface area contributed by atoms with Gasteiger partial charge in [0.25, 0.3) is 0 Å². The van der Waals surface area contributed by atoms with Gasteiger partial charge in [-0.1, -0.05) is 115 Å². The lowest BCUT2D eigenvalue weighted by Gasteiger charge is -2.11. The SMILES string of the molecule is c1cc(-c2ccc3oc4nc5c6ccccc6c6ccccc6c5nc4c3c2)cc(-n2c3ccccc3c3c4ccccc4ccc32)c1. The molecule has 0 aliphatic carbocycles. The van der Waals surface area contributed by atoms with Gasteiger partial charge in [0.1, 0.15) is 16.6 Å². The molecule has 11 rings (SSSR count). The molecule has 0 fully saturated rings. The second-order valence-electron chi connectivity index (χ2n) is 12.6. The van der Waals surface area contributed by atoms with Crippen LogP contribution in [0.3, 0.4) is 0 Å². The number of furan rings is 1. The van der Waals surface area contributed by atoms with E-state index < -0.39 is 0 Å². The lowest BCUT2D eigenvalue weighted by molar-refractivity contribution is 0.655. The first kappa shape index (κ1) is 25.6. The fraction of sp³-hybridized carbons (Fsp3) is 0. The number of hydrogen-bond acceptors (Lipinski definition) is 3. The van der Waals surface area contributed by atoms with Crippen LogP contribution in [0, 0.1) is 0 Å². The highest BCUT2D eigenvalue weighted by Gasteiger charge is 2.18. The molecule has 0 aliphatic heterocycles. The Labute approximate surface area is 274 Å². The smallest absolute Gasteiger partial charge is 0.246 e. The number of benzene rings is 8. The van der Waals surface area contributed by atoms with Crippen LogP contribution in [0.1, 0.15) is 0 Å². The average molecular weight is 612 g/mol. The normalized spacial score (nSPS) is 12.2. The van der Waals surface area contributed by atoms with Crippen molar-refractivity contribution >= 4 is 87.4 Å². The van der Waals surface area contributed by atoms with Gasteiger partial charge in [0.05, 0.1) is 16.6 Å². The molecule has 4 heteroatoms. The minimum absolute atomic E-state index is 0.557. The second kappa shape index (κ2) is 9.50. The Morgan fingerprint density at radius 2 is 1.08 bits per heavy atom. The first-order valence-electron chi connectivity index (χ1n) is 16.3. The van der Waals surface area contributed by atoms with Crippen LogP contribution in [0.15, 0.2) is 156 Å². The van der Waals surface area contributed by atoms with Gasteiger partial charge < -0.3 is 8.98 Å². The maximum Gasteiger partial charge on any atom is 0.246 e. The van der Waals surface area contributed by atoms with Crippen molar-refractivity contribution in [3.05, 3.63) is 152 Å². The second-order valence-corrected chi connectivity index (χ2v) is 12.6. The minimum atomic E-state index is 0.557.